The molecule has 0 bridgehead atoms. The first-order valence-electron chi connectivity index (χ1n) is 7.39. The maximum absolute atomic E-state index is 5.44. The molecule has 0 unspecified atom stereocenters. The topological polar surface area (TPSA) is 30.8 Å². The van der Waals surface area contributed by atoms with E-state index in [2.05, 4.69) is 13.8 Å². The maximum Gasteiger partial charge on any atom is 0.169 e. The summed E-state index contributed by atoms with van der Waals surface area (Å²) in [6, 6.07) is 6.31. The van der Waals surface area contributed by atoms with Crippen molar-refractivity contribution in [2.75, 3.05) is 14.2 Å². The fourth-order valence-corrected chi connectivity index (χ4v) is 2.90. The van der Waals surface area contributed by atoms with E-state index >= 15 is 0 Å². The third kappa shape index (κ3) is 3.33. The minimum absolute atomic E-state index is 0.426. The first kappa shape index (κ1) is 14.9. The van der Waals surface area contributed by atoms with Crippen LogP contribution in [0.5, 0.6) is 11.5 Å². The SMILES string of the molecule is COc1cccc(C=N[C@@H]2C[C@H](C)CC[C@@H]2C)c1OC. The molecule has 20 heavy (non-hydrogen) atoms. The predicted octanol–water partition coefficient (Wildman–Crippen LogP) is 3.95. The summed E-state index contributed by atoms with van der Waals surface area (Å²) < 4.78 is 10.8. The molecule has 0 amide bonds. The minimum atomic E-state index is 0.426. The number of hydrogen-bond donors (Lipinski definition) is 0. The molecule has 1 aromatic rings. The highest BCUT2D eigenvalue weighted by Gasteiger charge is 2.24. The van der Waals surface area contributed by atoms with Crippen LogP contribution >= 0.6 is 0 Å². The zero-order valence-corrected chi connectivity index (χ0v) is 12.9. The fraction of sp³-hybridized carbons (Fsp3) is 0.588. The fourth-order valence-electron chi connectivity index (χ4n) is 2.90. The lowest BCUT2D eigenvalue weighted by molar-refractivity contribution is 0.268. The summed E-state index contributed by atoms with van der Waals surface area (Å²) in [6.07, 6.45) is 5.73. The van der Waals surface area contributed by atoms with E-state index < -0.39 is 0 Å². The smallest absolute Gasteiger partial charge is 0.169 e. The minimum Gasteiger partial charge on any atom is -0.493 e. The van der Waals surface area contributed by atoms with Gasteiger partial charge in [-0.25, -0.2) is 0 Å². The van der Waals surface area contributed by atoms with Crippen molar-refractivity contribution >= 4 is 6.21 Å². The van der Waals surface area contributed by atoms with Crippen LogP contribution < -0.4 is 9.47 Å². The Labute approximate surface area is 122 Å². The van der Waals surface area contributed by atoms with Gasteiger partial charge in [-0.1, -0.05) is 26.3 Å². The van der Waals surface area contributed by atoms with E-state index in [1.54, 1.807) is 14.2 Å². The number of benzene rings is 1. The highest BCUT2D eigenvalue weighted by atomic mass is 16.5. The highest BCUT2D eigenvalue weighted by Crippen LogP contribution is 2.32. The van der Waals surface area contributed by atoms with Crippen LogP contribution in [0.25, 0.3) is 0 Å². The zero-order valence-electron chi connectivity index (χ0n) is 12.9. The van der Waals surface area contributed by atoms with Crippen molar-refractivity contribution in [3.63, 3.8) is 0 Å². The molecule has 2 rings (SSSR count). The largest absolute Gasteiger partial charge is 0.493 e. The van der Waals surface area contributed by atoms with Gasteiger partial charge in [0, 0.05) is 11.8 Å². The lowest BCUT2D eigenvalue weighted by Crippen LogP contribution is -2.25. The van der Waals surface area contributed by atoms with E-state index in [0.29, 0.717) is 12.0 Å². The Balaban J connectivity index is 2.18. The van der Waals surface area contributed by atoms with Crippen LogP contribution in [-0.2, 0) is 0 Å². The Morgan fingerprint density at radius 2 is 1.95 bits per heavy atom. The van der Waals surface area contributed by atoms with Crippen molar-refractivity contribution in [2.24, 2.45) is 16.8 Å². The summed E-state index contributed by atoms with van der Waals surface area (Å²) in [7, 11) is 3.32. The standard InChI is InChI=1S/C17H25NO2/c1-12-8-9-13(2)15(10-12)18-11-14-6-5-7-16(19-3)17(14)20-4/h5-7,11-13,15H,8-10H2,1-4H3/t12-,13+,15-/m1/s1. The Bertz CT molecular complexity index is 470. The molecule has 3 heteroatoms. The molecule has 0 heterocycles. The van der Waals surface area contributed by atoms with Crippen LogP contribution in [0, 0.1) is 11.8 Å². The van der Waals surface area contributed by atoms with Crippen LogP contribution in [-0.4, -0.2) is 26.5 Å². The molecule has 0 aliphatic heterocycles. The van der Waals surface area contributed by atoms with Gasteiger partial charge in [-0.15, -0.1) is 0 Å². The van der Waals surface area contributed by atoms with Gasteiger partial charge in [0.1, 0.15) is 0 Å². The molecule has 0 saturated heterocycles. The second-order valence-corrected chi connectivity index (χ2v) is 5.82. The summed E-state index contributed by atoms with van der Waals surface area (Å²) in [5, 5.41) is 0. The van der Waals surface area contributed by atoms with Crippen molar-refractivity contribution in [2.45, 2.75) is 39.2 Å². The third-order valence-corrected chi connectivity index (χ3v) is 4.25. The second kappa shape index (κ2) is 6.78. The first-order chi connectivity index (χ1) is 9.65. The molecule has 1 saturated carbocycles. The monoisotopic (exact) mass is 275 g/mol. The van der Waals surface area contributed by atoms with Gasteiger partial charge in [0.15, 0.2) is 11.5 Å². The van der Waals surface area contributed by atoms with E-state index in [9.17, 15) is 0 Å². The van der Waals surface area contributed by atoms with Gasteiger partial charge in [0.2, 0.25) is 0 Å². The lowest BCUT2D eigenvalue weighted by Gasteiger charge is -2.29. The lowest BCUT2D eigenvalue weighted by atomic mass is 9.80. The Morgan fingerprint density at radius 3 is 2.65 bits per heavy atom. The van der Waals surface area contributed by atoms with Gasteiger partial charge in [-0.3, -0.25) is 4.99 Å². The van der Waals surface area contributed by atoms with E-state index in [0.717, 1.165) is 23.0 Å². The van der Waals surface area contributed by atoms with Gasteiger partial charge in [-0.05, 0) is 36.8 Å². The molecule has 0 aromatic heterocycles. The summed E-state index contributed by atoms with van der Waals surface area (Å²) in [5.74, 6) is 2.95. The van der Waals surface area contributed by atoms with Gasteiger partial charge < -0.3 is 9.47 Å². The normalized spacial score (nSPS) is 26.7. The van der Waals surface area contributed by atoms with E-state index in [4.69, 9.17) is 14.5 Å². The van der Waals surface area contributed by atoms with Crippen LogP contribution in [0.15, 0.2) is 23.2 Å². The number of ether oxygens (including phenoxy) is 2. The van der Waals surface area contributed by atoms with Crippen molar-refractivity contribution in [1.29, 1.82) is 0 Å². The summed E-state index contributed by atoms with van der Waals surface area (Å²) in [4.78, 5) is 4.81. The quantitative estimate of drug-likeness (QED) is 0.779. The molecule has 1 fully saturated rings. The van der Waals surface area contributed by atoms with Gasteiger partial charge >= 0.3 is 0 Å². The third-order valence-electron chi connectivity index (χ3n) is 4.25. The predicted molar refractivity (Wildman–Crippen MR) is 83.1 cm³/mol. The zero-order chi connectivity index (χ0) is 14.5. The molecular formula is C17H25NO2. The molecule has 3 atom stereocenters. The Kier molecular flexibility index (Phi) is 5.05. The van der Waals surface area contributed by atoms with Crippen molar-refractivity contribution in [3.05, 3.63) is 23.8 Å². The molecular weight excluding hydrogens is 250 g/mol. The van der Waals surface area contributed by atoms with E-state index in [1.807, 2.05) is 24.4 Å². The molecule has 3 nitrogen and oxygen atoms in total. The number of nitrogens with zero attached hydrogens (tertiary/aromatic N) is 1. The highest BCUT2D eigenvalue weighted by molar-refractivity contribution is 5.85. The number of methoxy groups -OCH3 is 2. The summed E-state index contributed by atoms with van der Waals surface area (Å²) >= 11 is 0. The molecule has 0 radical (unpaired) electrons. The summed E-state index contributed by atoms with van der Waals surface area (Å²) in [6.45, 7) is 4.62. The molecule has 1 aromatic carbocycles. The Morgan fingerprint density at radius 1 is 1.15 bits per heavy atom. The van der Waals surface area contributed by atoms with Crippen molar-refractivity contribution in [1.82, 2.24) is 0 Å². The average molecular weight is 275 g/mol. The summed E-state index contributed by atoms with van der Waals surface area (Å²) in [5.41, 5.74) is 0.984. The van der Waals surface area contributed by atoms with Crippen LogP contribution in [0.4, 0.5) is 0 Å². The van der Waals surface area contributed by atoms with Crippen LogP contribution in [0.3, 0.4) is 0 Å². The van der Waals surface area contributed by atoms with Crippen molar-refractivity contribution in [3.8, 4) is 11.5 Å². The average Bonchev–Trinajstić information content (AvgIpc) is 2.47. The van der Waals surface area contributed by atoms with E-state index in [-0.39, 0.29) is 0 Å². The number of hydrogen-bond acceptors (Lipinski definition) is 3. The molecule has 0 spiro atoms. The van der Waals surface area contributed by atoms with Gasteiger partial charge in [0.25, 0.3) is 0 Å². The molecule has 1 aliphatic rings. The molecule has 0 N–H and O–H groups in total. The second-order valence-electron chi connectivity index (χ2n) is 5.82. The van der Waals surface area contributed by atoms with Gasteiger partial charge in [0.05, 0.1) is 20.3 Å². The van der Waals surface area contributed by atoms with E-state index in [1.165, 1.54) is 19.3 Å². The first-order valence-corrected chi connectivity index (χ1v) is 7.39. The maximum atomic E-state index is 5.44. The number of para-hydroxylation sites is 1. The Hall–Kier alpha value is -1.51. The number of rotatable bonds is 4. The molecule has 1 aliphatic carbocycles. The van der Waals surface area contributed by atoms with Crippen LogP contribution in [0.2, 0.25) is 0 Å². The van der Waals surface area contributed by atoms with Crippen LogP contribution in [0.1, 0.15) is 38.7 Å². The van der Waals surface area contributed by atoms with Crippen molar-refractivity contribution < 1.29 is 9.47 Å². The van der Waals surface area contributed by atoms with Gasteiger partial charge in [-0.2, -0.15) is 0 Å². The molecule has 110 valence electrons. The number of aliphatic imine (C=N–C) groups is 1.